The zero-order valence-electron chi connectivity index (χ0n) is 13.1. The molecular weight excluding hydrogens is 266 g/mol. The summed E-state index contributed by atoms with van der Waals surface area (Å²) in [5.41, 5.74) is 2.19. The maximum atomic E-state index is 5.45. The monoisotopic (exact) mass is 289 g/mol. The Kier molecular flexibility index (Phi) is 5.47. The Balaban J connectivity index is 2.29. The van der Waals surface area contributed by atoms with Gasteiger partial charge in [-0.25, -0.2) is 0 Å². The summed E-state index contributed by atoms with van der Waals surface area (Å²) in [5.74, 6) is 1.45. The number of nitrogens with one attached hydrogen (secondary N) is 1. The van der Waals surface area contributed by atoms with Gasteiger partial charge in [-0.3, -0.25) is 0 Å². The van der Waals surface area contributed by atoms with E-state index in [4.69, 9.17) is 9.26 Å². The van der Waals surface area contributed by atoms with Crippen molar-refractivity contribution in [3.63, 3.8) is 0 Å². The molecule has 5 nitrogen and oxygen atoms in total. The summed E-state index contributed by atoms with van der Waals surface area (Å²) in [6, 6.07) is 8.11. The molecule has 0 amide bonds. The van der Waals surface area contributed by atoms with Crippen LogP contribution in [0.25, 0.3) is 11.5 Å². The van der Waals surface area contributed by atoms with Gasteiger partial charge in [0, 0.05) is 12.7 Å². The Bertz CT molecular complexity index is 566. The Morgan fingerprint density at radius 3 is 2.71 bits per heavy atom. The second-order valence-electron chi connectivity index (χ2n) is 5.37. The molecule has 0 saturated heterocycles. The summed E-state index contributed by atoms with van der Waals surface area (Å²) < 4.78 is 10.9. The normalized spacial score (nSPS) is 12.8. The molecule has 0 radical (unpaired) electrons. The van der Waals surface area contributed by atoms with Crippen LogP contribution in [0.4, 0.5) is 0 Å². The number of likely N-dealkylation sites (N-methyl/N-ethyl adjacent to an activating group) is 1. The lowest BCUT2D eigenvalue weighted by molar-refractivity contribution is 0.0556. The average Bonchev–Trinajstić information content (AvgIpc) is 2.95. The number of aromatic nitrogens is 2. The molecule has 0 spiro atoms. The topological polar surface area (TPSA) is 60.2 Å². The van der Waals surface area contributed by atoms with Crippen molar-refractivity contribution in [2.75, 3.05) is 20.7 Å². The van der Waals surface area contributed by atoms with Crippen molar-refractivity contribution in [1.29, 1.82) is 0 Å². The maximum absolute atomic E-state index is 5.45. The van der Waals surface area contributed by atoms with E-state index in [1.165, 1.54) is 5.56 Å². The first-order chi connectivity index (χ1) is 10.2. The number of benzene rings is 1. The highest BCUT2D eigenvalue weighted by molar-refractivity contribution is 5.58. The van der Waals surface area contributed by atoms with Crippen molar-refractivity contribution in [3.8, 4) is 11.5 Å². The van der Waals surface area contributed by atoms with Gasteiger partial charge in [-0.2, -0.15) is 4.98 Å². The van der Waals surface area contributed by atoms with Crippen molar-refractivity contribution in [1.82, 2.24) is 15.5 Å². The molecule has 5 heteroatoms. The van der Waals surface area contributed by atoms with Gasteiger partial charge in [-0.1, -0.05) is 37.2 Å². The SMILES string of the molecule is CNCCc1ccccc1-c1nc(C(OC)C(C)C)no1. The minimum atomic E-state index is -0.146. The molecule has 114 valence electrons. The van der Waals surface area contributed by atoms with E-state index >= 15 is 0 Å². The Morgan fingerprint density at radius 2 is 2.05 bits per heavy atom. The van der Waals surface area contributed by atoms with E-state index in [2.05, 4.69) is 35.4 Å². The lowest BCUT2D eigenvalue weighted by Crippen LogP contribution is -2.11. The van der Waals surface area contributed by atoms with E-state index in [1.807, 2.05) is 25.2 Å². The fourth-order valence-corrected chi connectivity index (χ4v) is 2.34. The van der Waals surface area contributed by atoms with Crippen LogP contribution in [-0.4, -0.2) is 30.8 Å². The van der Waals surface area contributed by atoms with Crippen molar-refractivity contribution in [3.05, 3.63) is 35.7 Å². The number of rotatable bonds is 7. The molecule has 2 aromatic rings. The third kappa shape index (κ3) is 3.68. The van der Waals surface area contributed by atoms with Gasteiger partial charge in [0.2, 0.25) is 5.82 Å². The van der Waals surface area contributed by atoms with E-state index < -0.39 is 0 Å². The predicted octanol–water partition coefficient (Wildman–Crippen LogP) is 2.84. The molecule has 1 N–H and O–H groups in total. The minimum Gasteiger partial charge on any atom is -0.373 e. The summed E-state index contributed by atoms with van der Waals surface area (Å²) in [4.78, 5) is 4.52. The predicted molar refractivity (Wildman–Crippen MR) is 82.0 cm³/mol. The smallest absolute Gasteiger partial charge is 0.258 e. The first kappa shape index (κ1) is 15.7. The molecule has 1 aromatic heterocycles. The Labute approximate surface area is 125 Å². The zero-order chi connectivity index (χ0) is 15.2. The lowest BCUT2D eigenvalue weighted by atomic mass is 10.0. The van der Waals surface area contributed by atoms with Crippen molar-refractivity contribution >= 4 is 0 Å². The van der Waals surface area contributed by atoms with E-state index in [0.29, 0.717) is 17.6 Å². The molecule has 0 saturated carbocycles. The fourth-order valence-electron chi connectivity index (χ4n) is 2.34. The number of hydrogen-bond donors (Lipinski definition) is 1. The molecule has 2 rings (SSSR count). The molecule has 1 unspecified atom stereocenters. The van der Waals surface area contributed by atoms with Crippen LogP contribution in [0.1, 0.15) is 31.3 Å². The molecular formula is C16H23N3O2. The fraction of sp³-hybridized carbons (Fsp3) is 0.500. The van der Waals surface area contributed by atoms with Crippen molar-refractivity contribution in [2.24, 2.45) is 5.92 Å². The van der Waals surface area contributed by atoms with Gasteiger partial charge in [-0.05, 0) is 37.6 Å². The van der Waals surface area contributed by atoms with Gasteiger partial charge in [0.05, 0.1) is 0 Å². The van der Waals surface area contributed by atoms with Gasteiger partial charge in [-0.15, -0.1) is 0 Å². The molecule has 21 heavy (non-hydrogen) atoms. The average molecular weight is 289 g/mol. The van der Waals surface area contributed by atoms with Gasteiger partial charge < -0.3 is 14.6 Å². The van der Waals surface area contributed by atoms with Gasteiger partial charge >= 0.3 is 0 Å². The van der Waals surface area contributed by atoms with Crippen LogP contribution >= 0.6 is 0 Å². The van der Waals surface area contributed by atoms with E-state index in [1.54, 1.807) is 7.11 Å². The van der Waals surface area contributed by atoms with Gasteiger partial charge in [0.1, 0.15) is 6.10 Å². The quantitative estimate of drug-likeness (QED) is 0.849. The van der Waals surface area contributed by atoms with Crippen molar-refractivity contribution in [2.45, 2.75) is 26.4 Å². The third-order valence-electron chi connectivity index (χ3n) is 3.45. The Morgan fingerprint density at radius 1 is 1.29 bits per heavy atom. The summed E-state index contributed by atoms with van der Waals surface area (Å²) in [5, 5.41) is 7.24. The summed E-state index contributed by atoms with van der Waals surface area (Å²) in [6.07, 6.45) is 0.773. The maximum Gasteiger partial charge on any atom is 0.258 e. The first-order valence-electron chi connectivity index (χ1n) is 7.26. The molecule has 0 bridgehead atoms. The van der Waals surface area contributed by atoms with E-state index in [9.17, 15) is 0 Å². The highest BCUT2D eigenvalue weighted by Gasteiger charge is 2.22. The van der Waals surface area contributed by atoms with Crippen LogP contribution < -0.4 is 5.32 Å². The molecule has 1 aromatic carbocycles. The van der Waals surface area contributed by atoms with Gasteiger partial charge in [0.25, 0.3) is 5.89 Å². The summed E-state index contributed by atoms with van der Waals surface area (Å²) >= 11 is 0. The van der Waals surface area contributed by atoms with Crippen molar-refractivity contribution < 1.29 is 9.26 Å². The van der Waals surface area contributed by atoms with E-state index in [0.717, 1.165) is 18.5 Å². The highest BCUT2D eigenvalue weighted by atomic mass is 16.5. The standard InChI is InChI=1S/C16H23N3O2/c1-11(2)14(20-4)15-18-16(21-19-15)13-8-6-5-7-12(13)9-10-17-3/h5-8,11,14,17H,9-10H2,1-4H3. The van der Waals surface area contributed by atoms with Crippen LogP contribution in [0.3, 0.4) is 0 Å². The number of nitrogens with zero attached hydrogens (tertiary/aromatic N) is 2. The number of methoxy groups -OCH3 is 1. The molecule has 0 aliphatic carbocycles. The van der Waals surface area contributed by atoms with Crippen LogP contribution in [0.15, 0.2) is 28.8 Å². The number of ether oxygens (including phenoxy) is 1. The zero-order valence-corrected chi connectivity index (χ0v) is 13.1. The molecule has 0 aliphatic heterocycles. The molecule has 0 fully saturated rings. The lowest BCUT2D eigenvalue weighted by Gasteiger charge is -2.14. The van der Waals surface area contributed by atoms with E-state index in [-0.39, 0.29) is 6.10 Å². The first-order valence-corrected chi connectivity index (χ1v) is 7.26. The third-order valence-corrected chi connectivity index (χ3v) is 3.45. The van der Waals surface area contributed by atoms with Crippen LogP contribution in [0.2, 0.25) is 0 Å². The second-order valence-corrected chi connectivity index (χ2v) is 5.37. The Hall–Kier alpha value is -1.72. The minimum absolute atomic E-state index is 0.146. The van der Waals surface area contributed by atoms with Crippen LogP contribution in [0, 0.1) is 5.92 Å². The molecule has 0 aliphatic rings. The second kappa shape index (κ2) is 7.33. The highest BCUT2D eigenvalue weighted by Crippen LogP contribution is 2.27. The summed E-state index contributed by atoms with van der Waals surface area (Å²) in [7, 11) is 3.61. The molecule has 1 heterocycles. The van der Waals surface area contributed by atoms with Gasteiger partial charge in [0.15, 0.2) is 0 Å². The molecule has 1 atom stereocenters. The van der Waals surface area contributed by atoms with Crippen LogP contribution in [-0.2, 0) is 11.2 Å². The summed E-state index contributed by atoms with van der Waals surface area (Å²) in [6.45, 7) is 5.06. The largest absolute Gasteiger partial charge is 0.373 e. The van der Waals surface area contributed by atoms with Crippen LogP contribution in [0.5, 0.6) is 0 Å². The number of hydrogen-bond acceptors (Lipinski definition) is 5.